The SMILES string of the molecule is CCCCCCCCCC[N+](CCO)(CCO)CCCCCCCCCC.CCCCCCCCCC[N+](CCO)(CCO)CCCCCCCCCC.CCCCCCCCCC[N+](CCO)(CCO)CCCCCCCCCC.[O-]B([O-])[O-]. The molecule has 13 heteroatoms. The molecule has 516 valence electrons. The number of aliphatic hydroxyl groups is 6. The van der Waals surface area contributed by atoms with Crippen molar-refractivity contribution in [2.24, 2.45) is 0 Å². The van der Waals surface area contributed by atoms with E-state index in [2.05, 4.69) is 41.5 Å². The van der Waals surface area contributed by atoms with Crippen molar-refractivity contribution in [3.8, 4) is 0 Å². The third-order valence-electron chi connectivity index (χ3n) is 18.4. The Bertz CT molecular complexity index is 960. The summed E-state index contributed by atoms with van der Waals surface area (Å²) in [5.74, 6) is 0. The number of unbranched alkanes of at least 4 members (excludes halogenated alkanes) is 42. The van der Waals surface area contributed by atoms with Gasteiger partial charge < -0.3 is 59.2 Å². The standard InChI is InChI=1S/3C24H52NO2.BO3/c3*1-3-5-7-9-11-13-15-17-19-25(21-23-26,22-24-27)20-18-16-14-12-10-8-6-4-2;2-1(3)4/h3*26-27H,3-24H2,1-2H3;/q3*+1;-3. The van der Waals surface area contributed by atoms with Crippen LogP contribution in [-0.4, -0.2) is 170 Å². The maximum atomic E-state index is 9.58. The van der Waals surface area contributed by atoms with Gasteiger partial charge in [-0.25, -0.2) is 0 Å². The van der Waals surface area contributed by atoms with Crippen molar-refractivity contribution in [1.29, 1.82) is 0 Å². The molecular weight excluding hydrogens is 1060 g/mol. The Morgan fingerprint density at radius 2 is 0.271 bits per heavy atom. The number of aliphatic hydroxyl groups excluding tert-OH is 6. The molecule has 0 radical (unpaired) electrons. The molecule has 0 aliphatic rings. The molecule has 0 amide bonds. The summed E-state index contributed by atoms with van der Waals surface area (Å²) in [6.45, 7) is 26.8. The maximum absolute atomic E-state index is 9.58. The summed E-state index contributed by atoms with van der Waals surface area (Å²) in [5, 5.41) is 82.7. The van der Waals surface area contributed by atoms with Gasteiger partial charge in [0.15, 0.2) is 0 Å². The molecule has 0 saturated heterocycles. The van der Waals surface area contributed by atoms with Gasteiger partial charge in [-0.3, -0.25) is 7.32 Å². The predicted molar refractivity (Wildman–Crippen MR) is 363 cm³/mol. The van der Waals surface area contributed by atoms with E-state index in [-0.39, 0.29) is 39.6 Å². The lowest BCUT2D eigenvalue weighted by Crippen LogP contribution is -2.56. The molecular formula is C72H156BN3O9. The predicted octanol–water partition coefficient (Wildman–Crippen LogP) is 14.3. The van der Waals surface area contributed by atoms with Crippen molar-refractivity contribution in [2.45, 2.75) is 350 Å². The van der Waals surface area contributed by atoms with Crippen LogP contribution < -0.4 is 15.1 Å². The Morgan fingerprint density at radius 3 is 0.365 bits per heavy atom. The van der Waals surface area contributed by atoms with Crippen LogP contribution >= 0.6 is 0 Å². The van der Waals surface area contributed by atoms with Gasteiger partial charge in [0.2, 0.25) is 0 Å². The van der Waals surface area contributed by atoms with E-state index < -0.39 is 7.32 Å². The third-order valence-corrected chi connectivity index (χ3v) is 18.4. The van der Waals surface area contributed by atoms with Crippen molar-refractivity contribution in [3.05, 3.63) is 0 Å². The van der Waals surface area contributed by atoms with Crippen molar-refractivity contribution in [2.75, 3.05) is 118 Å². The molecule has 0 aliphatic carbocycles. The average Bonchev–Trinajstić information content (AvgIpc) is 3.56. The molecule has 0 unspecified atom stereocenters. The third kappa shape index (κ3) is 69.3. The molecule has 0 aromatic rings. The second kappa shape index (κ2) is 76.0. The van der Waals surface area contributed by atoms with Crippen molar-refractivity contribution in [3.63, 3.8) is 0 Å². The van der Waals surface area contributed by atoms with Crippen molar-refractivity contribution in [1.82, 2.24) is 0 Å². The zero-order valence-corrected chi connectivity index (χ0v) is 58.5. The maximum Gasteiger partial charge on any atom is 0.102 e. The summed E-state index contributed by atoms with van der Waals surface area (Å²) in [6, 6.07) is 0. The van der Waals surface area contributed by atoms with Crippen LogP contribution in [-0.2, 0) is 0 Å². The zero-order chi connectivity index (χ0) is 63.7. The summed E-state index contributed by atoms with van der Waals surface area (Å²) in [5.41, 5.74) is 0. The molecule has 0 spiro atoms. The highest BCUT2D eigenvalue weighted by atomic mass is 16.5. The fourth-order valence-electron chi connectivity index (χ4n) is 12.8. The van der Waals surface area contributed by atoms with Crippen molar-refractivity contribution < 1.29 is 59.2 Å². The first-order valence-electron chi connectivity index (χ1n) is 37.6. The van der Waals surface area contributed by atoms with E-state index in [1.54, 1.807) is 0 Å². The zero-order valence-electron chi connectivity index (χ0n) is 58.5. The van der Waals surface area contributed by atoms with Crippen LogP contribution in [0, 0.1) is 0 Å². The van der Waals surface area contributed by atoms with Gasteiger partial charge in [-0.2, -0.15) is 0 Å². The van der Waals surface area contributed by atoms with Gasteiger partial charge in [-0.1, -0.05) is 273 Å². The number of hydrogen-bond donors (Lipinski definition) is 6. The molecule has 0 rings (SSSR count). The van der Waals surface area contributed by atoms with E-state index in [1.165, 1.54) is 308 Å². The van der Waals surface area contributed by atoms with E-state index in [9.17, 15) is 30.6 Å². The molecule has 0 atom stereocenters. The van der Waals surface area contributed by atoms with Gasteiger partial charge in [0.25, 0.3) is 0 Å². The van der Waals surface area contributed by atoms with Gasteiger partial charge >= 0.3 is 0 Å². The Balaban J connectivity index is -0.000000560. The van der Waals surface area contributed by atoms with Crippen LogP contribution in [0.3, 0.4) is 0 Å². The minimum absolute atomic E-state index is 0.244. The molecule has 0 saturated carbocycles. The van der Waals surface area contributed by atoms with E-state index in [0.29, 0.717) is 0 Å². The lowest BCUT2D eigenvalue weighted by molar-refractivity contribution is -0.929. The number of rotatable bonds is 66. The average molecular weight is 1220 g/mol. The molecule has 0 aliphatic heterocycles. The molecule has 0 bridgehead atoms. The number of nitrogens with zero attached hydrogens (tertiary/aromatic N) is 3. The quantitative estimate of drug-likeness (QED) is 0.0195. The van der Waals surface area contributed by atoms with Crippen LogP contribution in [0.25, 0.3) is 0 Å². The highest BCUT2D eigenvalue weighted by Gasteiger charge is 2.28. The molecule has 12 nitrogen and oxygen atoms in total. The van der Waals surface area contributed by atoms with E-state index in [4.69, 9.17) is 15.1 Å². The van der Waals surface area contributed by atoms with Crippen LogP contribution in [0.15, 0.2) is 0 Å². The summed E-state index contributed by atoms with van der Waals surface area (Å²) in [4.78, 5) is 0. The molecule has 0 fully saturated rings. The molecule has 0 aromatic carbocycles. The second-order valence-electron chi connectivity index (χ2n) is 26.2. The number of quaternary nitrogens is 3. The minimum atomic E-state index is -2.92. The molecule has 6 N–H and O–H groups in total. The summed E-state index contributed by atoms with van der Waals surface area (Å²) < 4.78 is 2.79. The first kappa shape index (κ1) is 91.0. The van der Waals surface area contributed by atoms with Gasteiger partial charge in [0.05, 0.1) is 78.9 Å². The largest absolute Gasteiger partial charge is 0.907 e. The topological polar surface area (TPSA) is 191 Å². The van der Waals surface area contributed by atoms with Gasteiger partial charge in [-0.15, -0.1) is 0 Å². The minimum Gasteiger partial charge on any atom is -0.907 e. The van der Waals surface area contributed by atoms with E-state index in [1.807, 2.05) is 0 Å². The lowest BCUT2D eigenvalue weighted by Gasteiger charge is -2.38. The van der Waals surface area contributed by atoms with Crippen LogP contribution in [0.5, 0.6) is 0 Å². The smallest absolute Gasteiger partial charge is 0.102 e. The normalized spacial score (nSPS) is 11.8. The van der Waals surface area contributed by atoms with E-state index in [0.717, 1.165) is 92.0 Å². The van der Waals surface area contributed by atoms with Crippen molar-refractivity contribution >= 4 is 7.32 Å². The fourth-order valence-corrected chi connectivity index (χ4v) is 12.8. The molecule has 0 aromatic heterocycles. The van der Waals surface area contributed by atoms with Crippen LogP contribution in [0.4, 0.5) is 0 Å². The lowest BCUT2D eigenvalue weighted by atomic mass is 10.1. The highest BCUT2D eigenvalue weighted by molar-refractivity contribution is 6.24. The first-order valence-corrected chi connectivity index (χ1v) is 37.6. The van der Waals surface area contributed by atoms with Crippen LogP contribution in [0.1, 0.15) is 350 Å². The Morgan fingerprint density at radius 1 is 0.176 bits per heavy atom. The number of hydrogen-bond acceptors (Lipinski definition) is 9. The summed E-state index contributed by atoms with van der Waals surface area (Å²) >= 11 is 0. The highest BCUT2D eigenvalue weighted by Crippen LogP contribution is 2.20. The van der Waals surface area contributed by atoms with Crippen LogP contribution in [0.2, 0.25) is 0 Å². The summed E-state index contributed by atoms with van der Waals surface area (Å²) in [6.07, 6.45) is 64.5. The Hall–Kier alpha value is -0.415. The molecule has 85 heavy (non-hydrogen) atoms. The molecule has 0 heterocycles. The van der Waals surface area contributed by atoms with Gasteiger partial charge in [0, 0.05) is 0 Å². The summed E-state index contributed by atoms with van der Waals surface area (Å²) in [7, 11) is -2.92. The monoisotopic (exact) mass is 1220 g/mol. The van der Waals surface area contributed by atoms with Gasteiger partial charge in [-0.05, 0) is 77.0 Å². The Kier molecular flexibility index (Phi) is 81.4. The first-order chi connectivity index (χ1) is 41.5. The van der Waals surface area contributed by atoms with Gasteiger partial charge in [0.1, 0.15) is 39.3 Å². The Labute approximate surface area is 532 Å². The fraction of sp³-hybridized carbons (Fsp3) is 1.00. The van der Waals surface area contributed by atoms with E-state index >= 15 is 0 Å². The second-order valence-corrected chi connectivity index (χ2v) is 26.2.